The zero-order valence-electron chi connectivity index (χ0n) is 16.9. The van der Waals surface area contributed by atoms with Crippen LogP contribution in [0.5, 0.6) is 5.75 Å². The summed E-state index contributed by atoms with van der Waals surface area (Å²) >= 11 is 0. The van der Waals surface area contributed by atoms with E-state index in [1.165, 1.54) is 0 Å². The molecule has 1 fully saturated rings. The van der Waals surface area contributed by atoms with Gasteiger partial charge in [-0.3, -0.25) is 9.59 Å². The first-order valence-electron chi connectivity index (χ1n) is 9.74. The monoisotopic (exact) mass is 393 g/mol. The lowest BCUT2D eigenvalue weighted by Crippen LogP contribution is -2.22. The maximum Gasteiger partial charge on any atom is 0.243 e. The van der Waals surface area contributed by atoms with Crippen molar-refractivity contribution in [2.75, 3.05) is 29.1 Å². The third-order valence-electron chi connectivity index (χ3n) is 4.61. The van der Waals surface area contributed by atoms with Gasteiger partial charge in [0.25, 0.3) is 0 Å². The van der Waals surface area contributed by atoms with Crippen LogP contribution in [0.2, 0.25) is 0 Å². The Hall–Kier alpha value is -3.28. The van der Waals surface area contributed by atoms with Crippen molar-refractivity contribution in [1.29, 1.82) is 0 Å². The zero-order chi connectivity index (χ0) is 20.8. The van der Waals surface area contributed by atoms with E-state index in [9.17, 15) is 9.59 Å². The molecule has 6 nitrogen and oxygen atoms in total. The Morgan fingerprint density at radius 2 is 1.72 bits per heavy atom. The van der Waals surface area contributed by atoms with Crippen LogP contribution >= 0.6 is 0 Å². The van der Waals surface area contributed by atoms with Crippen LogP contribution in [-0.4, -0.2) is 25.0 Å². The molecule has 1 saturated carbocycles. The third kappa shape index (κ3) is 5.85. The fourth-order valence-corrected chi connectivity index (χ4v) is 2.81. The van der Waals surface area contributed by atoms with Crippen molar-refractivity contribution in [3.05, 3.63) is 60.2 Å². The highest BCUT2D eigenvalue weighted by atomic mass is 16.5. The molecule has 0 bridgehead atoms. The number of ether oxygens (including phenoxy) is 1. The van der Waals surface area contributed by atoms with E-state index in [0.717, 1.165) is 35.4 Å². The van der Waals surface area contributed by atoms with E-state index in [2.05, 4.69) is 22.5 Å². The number of benzene rings is 2. The number of amides is 2. The van der Waals surface area contributed by atoms with Crippen molar-refractivity contribution in [2.24, 2.45) is 5.92 Å². The summed E-state index contributed by atoms with van der Waals surface area (Å²) < 4.78 is 5.68. The average molecular weight is 393 g/mol. The highest BCUT2D eigenvalue weighted by molar-refractivity contribution is 5.97. The molecule has 1 aliphatic carbocycles. The molecule has 0 atom stereocenters. The van der Waals surface area contributed by atoms with Gasteiger partial charge in [-0.15, -0.1) is 0 Å². The number of hydrogen-bond acceptors (Lipinski definition) is 4. The van der Waals surface area contributed by atoms with Gasteiger partial charge < -0.3 is 20.7 Å². The van der Waals surface area contributed by atoms with E-state index in [0.29, 0.717) is 18.0 Å². The molecular formula is C23H27N3O3. The second-order valence-electron chi connectivity index (χ2n) is 7.39. The Kier molecular flexibility index (Phi) is 6.54. The standard InChI is InChI=1S/C23H27N3O3/c1-15(2)14-29-21-10-5-4-7-20(21)25-22(27)13-24-18-8-6-9-19(16(18)3)26-23(28)17-11-12-17/h4-10,17,24H,1,11-14H2,2-3H3,(H,25,27)(H,26,28). The first-order valence-corrected chi connectivity index (χ1v) is 9.74. The van der Waals surface area contributed by atoms with Crippen LogP contribution in [-0.2, 0) is 9.59 Å². The fourth-order valence-electron chi connectivity index (χ4n) is 2.81. The summed E-state index contributed by atoms with van der Waals surface area (Å²) in [4.78, 5) is 24.5. The lowest BCUT2D eigenvalue weighted by atomic mass is 10.1. The van der Waals surface area contributed by atoms with Crippen molar-refractivity contribution in [1.82, 2.24) is 0 Å². The van der Waals surface area contributed by atoms with Crippen molar-refractivity contribution in [3.63, 3.8) is 0 Å². The molecule has 0 aliphatic heterocycles. The summed E-state index contributed by atoms with van der Waals surface area (Å²) in [5.74, 6) is 0.617. The van der Waals surface area contributed by atoms with Gasteiger partial charge in [0.2, 0.25) is 11.8 Å². The van der Waals surface area contributed by atoms with E-state index >= 15 is 0 Å². The molecule has 0 unspecified atom stereocenters. The van der Waals surface area contributed by atoms with Gasteiger partial charge in [0, 0.05) is 17.3 Å². The van der Waals surface area contributed by atoms with Crippen LogP contribution < -0.4 is 20.7 Å². The van der Waals surface area contributed by atoms with Gasteiger partial charge in [-0.25, -0.2) is 0 Å². The Bertz CT molecular complexity index is 919. The zero-order valence-corrected chi connectivity index (χ0v) is 16.9. The molecule has 1 aliphatic rings. The van der Waals surface area contributed by atoms with E-state index in [-0.39, 0.29) is 24.3 Å². The van der Waals surface area contributed by atoms with E-state index in [1.807, 2.05) is 50.2 Å². The SMILES string of the molecule is C=C(C)COc1ccccc1NC(=O)CNc1cccc(NC(=O)C2CC2)c1C. The van der Waals surface area contributed by atoms with Crippen LogP contribution in [0.1, 0.15) is 25.3 Å². The number of nitrogens with one attached hydrogen (secondary N) is 3. The molecule has 0 radical (unpaired) electrons. The molecule has 2 aromatic rings. The first kappa shape index (κ1) is 20.5. The predicted octanol–water partition coefficient (Wildman–Crippen LogP) is 4.35. The second kappa shape index (κ2) is 9.28. The molecule has 3 N–H and O–H groups in total. The Labute approximate surface area is 171 Å². The average Bonchev–Trinajstić information content (AvgIpc) is 3.53. The summed E-state index contributed by atoms with van der Waals surface area (Å²) in [6, 6.07) is 12.9. The number of rotatable bonds is 9. The molecule has 152 valence electrons. The summed E-state index contributed by atoms with van der Waals surface area (Å²) in [5.41, 5.74) is 3.99. The first-order chi connectivity index (χ1) is 13.9. The number of carbonyl (C=O) groups is 2. The molecule has 29 heavy (non-hydrogen) atoms. The highest BCUT2D eigenvalue weighted by Crippen LogP contribution is 2.31. The van der Waals surface area contributed by atoms with Crippen molar-refractivity contribution in [2.45, 2.75) is 26.7 Å². The molecule has 2 aromatic carbocycles. The van der Waals surface area contributed by atoms with E-state index < -0.39 is 0 Å². The lowest BCUT2D eigenvalue weighted by Gasteiger charge is -2.15. The normalized spacial score (nSPS) is 12.8. The van der Waals surface area contributed by atoms with Crippen molar-refractivity contribution < 1.29 is 14.3 Å². The smallest absolute Gasteiger partial charge is 0.243 e. The van der Waals surface area contributed by atoms with Crippen LogP contribution in [0.3, 0.4) is 0 Å². The van der Waals surface area contributed by atoms with Crippen LogP contribution in [0.4, 0.5) is 17.1 Å². The minimum atomic E-state index is -0.191. The van der Waals surface area contributed by atoms with Crippen LogP contribution in [0.25, 0.3) is 0 Å². The van der Waals surface area contributed by atoms with Gasteiger partial charge in [0.1, 0.15) is 12.4 Å². The van der Waals surface area contributed by atoms with Crippen molar-refractivity contribution >= 4 is 28.9 Å². The van der Waals surface area contributed by atoms with Crippen molar-refractivity contribution in [3.8, 4) is 5.75 Å². The van der Waals surface area contributed by atoms with Gasteiger partial charge in [0.05, 0.1) is 12.2 Å². The van der Waals surface area contributed by atoms with E-state index in [1.54, 1.807) is 6.07 Å². The molecule has 2 amide bonds. The topological polar surface area (TPSA) is 79.5 Å². The molecule has 0 heterocycles. The van der Waals surface area contributed by atoms with Gasteiger partial charge in [-0.05, 0) is 62.1 Å². The summed E-state index contributed by atoms with van der Waals surface area (Å²) in [5, 5.41) is 8.98. The van der Waals surface area contributed by atoms with Gasteiger partial charge >= 0.3 is 0 Å². The minimum Gasteiger partial charge on any atom is -0.487 e. The number of hydrogen-bond donors (Lipinski definition) is 3. The second-order valence-corrected chi connectivity index (χ2v) is 7.39. The van der Waals surface area contributed by atoms with Gasteiger partial charge in [-0.1, -0.05) is 24.8 Å². The van der Waals surface area contributed by atoms with Gasteiger partial charge in [0.15, 0.2) is 0 Å². The molecule has 0 aromatic heterocycles. The molecule has 3 rings (SSSR count). The molecule has 6 heteroatoms. The van der Waals surface area contributed by atoms with Crippen LogP contribution in [0, 0.1) is 12.8 Å². The Morgan fingerprint density at radius 3 is 2.45 bits per heavy atom. The largest absolute Gasteiger partial charge is 0.487 e. The maximum atomic E-state index is 12.4. The molecular weight excluding hydrogens is 366 g/mol. The summed E-state index contributed by atoms with van der Waals surface area (Å²) in [6.45, 7) is 8.11. The van der Waals surface area contributed by atoms with Gasteiger partial charge in [-0.2, -0.15) is 0 Å². The lowest BCUT2D eigenvalue weighted by molar-refractivity contribution is -0.117. The number of anilines is 3. The predicted molar refractivity (Wildman–Crippen MR) is 116 cm³/mol. The molecule has 0 saturated heterocycles. The van der Waals surface area contributed by atoms with Crippen LogP contribution in [0.15, 0.2) is 54.6 Å². The number of para-hydroxylation sites is 2. The van der Waals surface area contributed by atoms with E-state index in [4.69, 9.17) is 4.74 Å². The quantitative estimate of drug-likeness (QED) is 0.554. The summed E-state index contributed by atoms with van der Waals surface area (Å²) in [6.07, 6.45) is 1.92. The third-order valence-corrected chi connectivity index (χ3v) is 4.61. The Morgan fingerprint density at radius 1 is 1.03 bits per heavy atom. The maximum absolute atomic E-state index is 12.4. The highest BCUT2D eigenvalue weighted by Gasteiger charge is 2.29. The minimum absolute atomic E-state index is 0.0642. The summed E-state index contributed by atoms with van der Waals surface area (Å²) in [7, 11) is 0. The fraction of sp³-hybridized carbons (Fsp3) is 0.304. The molecule has 0 spiro atoms. The number of carbonyl (C=O) groups excluding carboxylic acids is 2. The Balaban J connectivity index is 1.58.